The molecular formula is C20H31N3O4. The van der Waals surface area contributed by atoms with Gasteiger partial charge in [-0.2, -0.15) is 0 Å². The molecule has 0 bridgehead atoms. The zero-order chi connectivity index (χ0) is 20.0. The molecule has 1 aromatic carbocycles. The molecule has 27 heavy (non-hydrogen) atoms. The maximum Gasteiger partial charge on any atom is 0.238 e. The van der Waals surface area contributed by atoms with Crippen molar-refractivity contribution >= 4 is 23.2 Å². The van der Waals surface area contributed by atoms with Crippen LogP contribution in [0.4, 0.5) is 11.4 Å². The minimum Gasteiger partial charge on any atom is -0.494 e. The predicted octanol–water partition coefficient (Wildman–Crippen LogP) is 2.73. The molecule has 0 radical (unpaired) electrons. The van der Waals surface area contributed by atoms with E-state index in [-0.39, 0.29) is 29.9 Å². The van der Waals surface area contributed by atoms with Crippen molar-refractivity contribution in [2.45, 2.75) is 46.3 Å². The fraction of sp³-hybridized carbons (Fsp3) is 0.600. The van der Waals surface area contributed by atoms with E-state index < -0.39 is 0 Å². The molecule has 2 N–H and O–H groups in total. The van der Waals surface area contributed by atoms with Crippen LogP contribution in [0.2, 0.25) is 0 Å². The highest BCUT2D eigenvalue weighted by Gasteiger charge is 2.23. The number of amides is 2. The molecule has 1 aromatic rings. The van der Waals surface area contributed by atoms with Gasteiger partial charge in [-0.25, -0.2) is 0 Å². The fourth-order valence-electron chi connectivity index (χ4n) is 3.26. The standard InChI is InChI=1S/C20H31N3O4/c1-13(2)8-19(24)22-17-7-6-16(9-18(17)26-5)21-20(25)12-23-10-14(3)27-15(4)11-23/h6-7,9,13-15H,8,10-12H2,1-5H3,(H,21,25)(H,22,24)/t14-,15+. The van der Waals surface area contributed by atoms with Crippen LogP contribution >= 0.6 is 0 Å². The molecule has 150 valence electrons. The average Bonchev–Trinajstić information content (AvgIpc) is 2.54. The van der Waals surface area contributed by atoms with E-state index in [9.17, 15) is 9.59 Å². The third-order valence-corrected chi connectivity index (χ3v) is 4.22. The summed E-state index contributed by atoms with van der Waals surface area (Å²) in [5.74, 6) is 0.643. The van der Waals surface area contributed by atoms with E-state index in [0.717, 1.165) is 13.1 Å². The van der Waals surface area contributed by atoms with Crippen molar-refractivity contribution in [1.82, 2.24) is 4.90 Å². The number of anilines is 2. The average molecular weight is 377 g/mol. The molecule has 7 heteroatoms. The lowest BCUT2D eigenvalue weighted by Crippen LogP contribution is -2.48. The maximum absolute atomic E-state index is 12.4. The first-order valence-corrected chi connectivity index (χ1v) is 9.42. The van der Waals surface area contributed by atoms with Crippen LogP contribution in [0.5, 0.6) is 5.75 Å². The highest BCUT2D eigenvalue weighted by Crippen LogP contribution is 2.28. The molecule has 2 rings (SSSR count). The molecule has 0 aromatic heterocycles. The number of ether oxygens (including phenoxy) is 2. The Morgan fingerprint density at radius 3 is 2.44 bits per heavy atom. The highest BCUT2D eigenvalue weighted by molar-refractivity contribution is 5.95. The number of morpholine rings is 1. The number of benzene rings is 1. The van der Waals surface area contributed by atoms with Gasteiger partial charge in [-0.3, -0.25) is 14.5 Å². The summed E-state index contributed by atoms with van der Waals surface area (Å²) in [5, 5.41) is 5.74. The van der Waals surface area contributed by atoms with Crippen molar-refractivity contribution in [2.75, 3.05) is 37.4 Å². The van der Waals surface area contributed by atoms with E-state index in [1.165, 1.54) is 7.11 Å². The monoisotopic (exact) mass is 377 g/mol. The summed E-state index contributed by atoms with van der Waals surface area (Å²) in [6.07, 6.45) is 0.684. The number of nitrogens with zero attached hydrogens (tertiary/aromatic N) is 1. The molecule has 0 unspecified atom stereocenters. The Morgan fingerprint density at radius 2 is 1.85 bits per heavy atom. The summed E-state index contributed by atoms with van der Waals surface area (Å²) in [7, 11) is 1.54. The maximum atomic E-state index is 12.4. The third-order valence-electron chi connectivity index (χ3n) is 4.22. The molecule has 2 amide bonds. The van der Waals surface area contributed by atoms with Crippen LogP contribution in [0.25, 0.3) is 0 Å². The SMILES string of the molecule is COc1cc(NC(=O)CN2C[C@@H](C)O[C@@H](C)C2)ccc1NC(=O)CC(C)C. The third kappa shape index (κ3) is 6.84. The lowest BCUT2D eigenvalue weighted by molar-refractivity contribution is -0.121. The Kier molecular flexibility index (Phi) is 7.62. The van der Waals surface area contributed by atoms with Gasteiger partial charge >= 0.3 is 0 Å². The van der Waals surface area contributed by atoms with Gasteiger partial charge in [-0.05, 0) is 31.9 Å². The molecule has 0 spiro atoms. The first-order valence-electron chi connectivity index (χ1n) is 9.42. The van der Waals surface area contributed by atoms with Crippen LogP contribution in [0.3, 0.4) is 0 Å². The van der Waals surface area contributed by atoms with Crippen molar-refractivity contribution in [3.05, 3.63) is 18.2 Å². The first-order chi connectivity index (χ1) is 12.8. The Labute approximate surface area is 161 Å². The van der Waals surface area contributed by atoms with Crippen molar-refractivity contribution < 1.29 is 19.1 Å². The van der Waals surface area contributed by atoms with Gasteiger partial charge in [0.2, 0.25) is 11.8 Å². The molecule has 0 saturated carbocycles. The molecular weight excluding hydrogens is 346 g/mol. The smallest absolute Gasteiger partial charge is 0.238 e. The zero-order valence-corrected chi connectivity index (χ0v) is 16.9. The second-order valence-corrected chi connectivity index (χ2v) is 7.56. The second kappa shape index (κ2) is 9.71. The summed E-state index contributed by atoms with van der Waals surface area (Å²) >= 11 is 0. The number of nitrogens with one attached hydrogen (secondary N) is 2. The molecule has 1 heterocycles. The summed E-state index contributed by atoms with van der Waals surface area (Å²) in [6, 6.07) is 5.22. The Bertz CT molecular complexity index is 653. The first kappa shape index (κ1) is 21.2. The van der Waals surface area contributed by atoms with E-state index in [0.29, 0.717) is 30.1 Å². The molecule has 1 saturated heterocycles. The van der Waals surface area contributed by atoms with Crippen molar-refractivity contribution in [1.29, 1.82) is 0 Å². The lowest BCUT2D eigenvalue weighted by atomic mass is 10.1. The summed E-state index contributed by atoms with van der Waals surface area (Å²) in [4.78, 5) is 26.4. The molecule has 1 fully saturated rings. The number of rotatable bonds is 7. The minimum atomic E-state index is -0.0880. The minimum absolute atomic E-state index is 0.0596. The normalized spacial score (nSPS) is 20.4. The van der Waals surface area contributed by atoms with E-state index in [4.69, 9.17) is 9.47 Å². The van der Waals surface area contributed by atoms with Gasteiger partial charge in [-0.15, -0.1) is 0 Å². The molecule has 0 aliphatic carbocycles. The fourth-order valence-corrected chi connectivity index (χ4v) is 3.26. The Morgan fingerprint density at radius 1 is 1.19 bits per heavy atom. The van der Waals surface area contributed by atoms with Crippen LogP contribution in [-0.2, 0) is 14.3 Å². The van der Waals surface area contributed by atoms with Crippen LogP contribution in [-0.4, -0.2) is 55.7 Å². The molecule has 7 nitrogen and oxygen atoms in total. The summed E-state index contributed by atoms with van der Waals surface area (Å²) in [5.41, 5.74) is 1.23. The molecule has 1 aliphatic rings. The van der Waals surface area contributed by atoms with Crippen LogP contribution in [0, 0.1) is 5.92 Å². The number of carbonyl (C=O) groups excluding carboxylic acids is 2. The number of hydrogen-bond acceptors (Lipinski definition) is 5. The van der Waals surface area contributed by atoms with Gasteiger partial charge in [0.15, 0.2) is 0 Å². The number of methoxy groups -OCH3 is 1. The van der Waals surface area contributed by atoms with Gasteiger partial charge in [0, 0.05) is 31.3 Å². The Balaban J connectivity index is 1.96. The number of hydrogen-bond donors (Lipinski definition) is 2. The van der Waals surface area contributed by atoms with Crippen molar-refractivity contribution in [3.8, 4) is 5.75 Å². The predicted molar refractivity (Wildman–Crippen MR) is 106 cm³/mol. The van der Waals surface area contributed by atoms with E-state index >= 15 is 0 Å². The summed E-state index contributed by atoms with van der Waals surface area (Å²) in [6.45, 7) is 9.79. The van der Waals surface area contributed by atoms with Gasteiger partial charge in [0.1, 0.15) is 5.75 Å². The molecule has 1 aliphatic heterocycles. The van der Waals surface area contributed by atoms with Gasteiger partial charge in [0.25, 0.3) is 0 Å². The molecule has 2 atom stereocenters. The topological polar surface area (TPSA) is 79.9 Å². The largest absolute Gasteiger partial charge is 0.494 e. The zero-order valence-electron chi connectivity index (χ0n) is 16.9. The summed E-state index contributed by atoms with van der Waals surface area (Å²) < 4.78 is 11.0. The van der Waals surface area contributed by atoms with Crippen LogP contribution in [0.15, 0.2) is 18.2 Å². The van der Waals surface area contributed by atoms with Crippen molar-refractivity contribution in [2.24, 2.45) is 5.92 Å². The van der Waals surface area contributed by atoms with Crippen LogP contribution < -0.4 is 15.4 Å². The van der Waals surface area contributed by atoms with Gasteiger partial charge in [0.05, 0.1) is 31.5 Å². The van der Waals surface area contributed by atoms with Crippen molar-refractivity contribution in [3.63, 3.8) is 0 Å². The van der Waals surface area contributed by atoms with Gasteiger partial charge in [-0.1, -0.05) is 13.8 Å². The lowest BCUT2D eigenvalue weighted by Gasteiger charge is -2.34. The second-order valence-electron chi connectivity index (χ2n) is 7.56. The van der Waals surface area contributed by atoms with Gasteiger partial charge < -0.3 is 20.1 Å². The Hall–Kier alpha value is -2.12. The highest BCUT2D eigenvalue weighted by atomic mass is 16.5. The van der Waals surface area contributed by atoms with Crippen LogP contribution in [0.1, 0.15) is 34.1 Å². The van der Waals surface area contributed by atoms with E-state index in [2.05, 4.69) is 15.5 Å². The number of carbonyl (C=O) groups is 2. The van der Waals surface area contributed by atoms with E-state index in [1.807, 2.05) is 27.7 Å². The van der Waals surface area contributed by atoms with E-state index in [1.54, 1.807) is 18.2 Å². The quantitative estimate of drug-likeness (QED) is 0.764.